The summed E-state index contributed by atoms with van der Waals surface area (Å²) >= 11 is 0. The van der Waals surface area contributed by atoms with E-state index in [0.717, 1.165) is 29.8 Å². The van der Waals surface area contributed by atoms with Crippen LogP contribution in [0.4, 0.5) is 11.4 Å². The normalized spacial score (nSPS) is 9.93. The van der Waals surface area contributed by atoms with Crippen molar-refractivity contribution < 1.29 is 4.79 Å². The fourth-order valence-corrected chi connectivity index (χ4v) is 1.39. The Hall–Kier alpha value is -1.71. The smallest absolute Gasteiger partial charge is 0.236 e. The molecule has 0 spiro atoms. The molecule has 0 radical (unpaired) electrons. The Morgan fingerprint density at radius 3 is 2.80 bits per heavy atom. The second-order valence-corrected chi connectivity index (χ2v) is 3.48. The van der Waals surface area contributed by atoms with Crippen molar-refractivity contribution >= 4 is 17.3 Å². The summed E-state index contributed by atoms with van der Waals surface area (Å²) in [6, 6.07) is 5.65. The lowest BCUT2D eigenvalue weighted by molar-refractivity contribution is -0.116. The van der Waals surface area contributed by atoms with E-state index in [0.29, 0.717) is 0 Å². The lowest BCUT2D eigenvalue weighted by atomic mass is 10.1. The second-order valence-electron chi connectivity index (χ2n) is 3.48. The third kappa shape index (κ3) is 3.50. The van der Waals surface area contributed by atoms with E-state index in [4.69, 9.17) is 11.5 Å². The number of hydrogen-bond acceptors (Lipinski definition) is 3. The van der Waals surface area contributed by atoms with Crippen LogP contribution in [-0.2, 0) is 11.2 Å². The third-order valence-corrected chi connectivity index (χ3v) is 2.13. The number of anilines is 2. The predicted molar refractivity (Wildman–Crippen MR) is 62.5 cm³/mol. The van der Waals surface area contributed by atoms with Gasteiger partial charge in [0, 0.05) is 11.4 Å². The molecule has 0 fully saturated rings. The summed E-state index contributed by atoms with van der Waals surface area (Å²) in [4.78, 5) is 10.6. The van der Waals surface area contributed by atoms with Crippen molar-refractivity contribution in [3.05, 3.63) is 23.8 Å². The van der Waals surface area contributed by atoms with E-state index in [1.165, 1.54) is 0 Å². The fourth-order valence-electron chi connectivity index (χ4n) is 1.39. The summed E-state index contributed by atoms with van der Waals surface area (Å²) in [5.41, 5.74) is 13.6. The molecule has 82 valence electrons. The van der Waals surface area contributed by atoms with Crippen LogP contribution in [0.5, 0.6) is 0 Å². The van der Waals surface area contributed by atoms with Crippen LogP contribution >= 0.6 is 0 Å². The Balaban J connectivity index is 2.73. The Labute approximate surface area is 89.6 Å². The fraction of sp³-hybridized carbons (Fsp3) is 0.364. The first kappa shape index (κ1) is 11.4. The third-order valence-electron chi connectivity index (χ3n) is 2.13. The summed E-state index contributed by atoms with van der Waals surface area (Å²) < 4.78 is 0. The standard InChI is InChI=1S/C11H17N3O/c1-2-3-8-6-9(4-5-10(8)12)14-7-11(13)15/h4-6,14H,2-3,7,12H2,1H3,(H2,13,15). The molecular weight excluding hydrogens is 190 g/mol. The molecule has 1 aromatic carbocycles. The van der Waals surface area contributed by atoms with E-state index in [1.54, 1.807) is 0 Å². The molecular formula is C11H17N3O. The highest BCUT2D eigenvalue weighted by atomic mass is 16.1. The summed E-state index contributed by atoms with van der Waals surface area (Å²) in [6.45, 7) is 2.25. The van der Waals surface area contributed by atoms with E-state index in [1.807, 2.05) is 18.2 Å². The number of hydrogen-bond donors (Lipinski definition) is 3. The van der Waals surface area contributed by atoms with Crippen molar-refractivity contribution in [2.75, 3.05) is 17.6 Å². The topological polar surface area (TPSA) is 81.1 Å². The molecule has 0 aromatic heterocycles. The number of amides is 1. The number of benzene rings is 1. The Morgan fingerprint density at radius 1 is 1.47 bits per heavy atom. The molecule has 15 heavy (non-hydrogen) atoms. The quantitative estimate of drug-likeness (QED) is 0.633. The van der Waals surface area contributed by atoms with E-state index >= 15 is 0 Å². The molecule has 4 heteroatoms. The average Bonchev–Trinajstić information content (AvgIpc) is 2.19. The van der Waals surface area contributed by atoms with Crippen molar-refractivity contribution in [3.63, 3.8) is 0 Å². The van der Waals surface area contributed by atoms with Gasteiger partial charge in [0.05, 0.1) is 6.54 Å². The number of carbonyl (C=O) groups is 1. The first-order chi connectivity index (χ1) is 7.13. The summed E-state index contributed by atoms with van der Waals surface area (Å²) in [7, 11) is 0. The number of carbonyl (C=O) groups excluding carboxylic acids is 1. The Bertz CT molecular complexity index is 350. The number of nitrogen functional groups attached to an aromatic ring is 1. The molecule has 0 saturated carbocycles. The van der Waals surface area contributed by atoms with Gasteiger partial charge in [-0.05, 0) is 30.2 Å². The van der Waals surface area contributed by atoms with Crippen molar-refractivity contribution in [1.82, 2.24) is 0 Å². The van der Waals surface area contributed by atoms with Crippen LogP contribution in [0.1, 0.15) is 18.9 Å². The summed E-state index contributed by atoms with van der Waals surface area (Å²) in [5, 5.41) is 2.94. The zero-order chi connectivity index (χ0) is 11.3. The van der Waals surface area contributed by atoms with Gasteiger partial charge in [-0.25, -0.2) is 0 Å². The Morgan fingerprint density at radius 2 is 2.20 bits per heavy atom. The van der Waals surface area contributed by atoms with Gasteiger partial charge in [0.1, 0.15) is 0 Å². The maximum absolute atomic E-state index is 10.6. The lowest BCUT2D eigenvalue weighted by Gasteiger charge is -2.08. The van der Waals surface area contributed by atoms with Crippen molar-refractivity contribution in [3.8, 4) is 0 Å². The maximum atomic E-state index is 10.6. The number of aryl methyl sites for hydroxylation is 1. The van der Waals surface area contributed by atoms with E-state index in [-0.39, 0.29) is 12.5 Å². The molecule has 1 aromatic rings. The lowest BCUT2D eigenvalue weighted by Crippen LogP contribution is -2.21. The van der Waals surface area contributed by atoms with Crippen LogP contribution in [0.15, 0.2) is 18.2 Å². The highest BCUT2D eigenvalue weighted by molar-refractivity contribution is 5.79. The van der Waals surface area contributed by atoms with Gasteiger partial charge in [-0.2, -0.15) is 0 Å². The largest absolute Gasteiger partial charge is 0.399 e. The minimum absolute atomic E-state index is 0.148. The van der Waals surface area contributed by atoms with Crippen molar-refractivity contribution in [2.24, 2.45) is 5.73 Å². The average molecular weight is 207 g/mol. The first-order valence-corrected chi connectivity index (χ1v) is 5.04. The molecule has 0 aliphatic rings. The SMILES string of the molecule is CCCc1cc(NCC(N)=O)ccc1N. The molecule has 4 nitrogen and oxygen atoms in total. The van der Waals surface area contributed by atoms with Crippen LogP contribution in [0.2, 0.25) is 0 Å². The molecule has 0 aliphatic heterocycles. The molecule has 0 aliphatic carbocycles. The van der Waals surface area contributed by atoms with Gasteiger partial charge < -0.3 is 16.8 Å². The predicted octanol–water partition coefficient (Wildman–Crippen LogP) is 1.12. The molecule has 0 saturated heterocycles. The van der Waals surface area contributed by atoms with Gasteiger partial charge in [0.2, 0.25) is 5.91 Å². The van der Waals surface area contributed by atoms with Gasteiger partial charge in [0.25, 0.3) is 0 Å². The highest BCUT2D eigenvalue weighted by Crippen LogP contribution is 2.19. The van der Waals surface area contributed by atoms with Gasteiger partial charge in [-0.15, -0.1) is 0 Å². The van der Waals surface area contributed by atoms with Crippen LogP contribution in [0, 0.1) is 0 Å². The molecule has 1 rings (SSSR count). The number of rotatable bonds is 5. The maximum Gasteiger partial charge on any atom is 0.236 e. The number of primary amides is 1. The van der Waals surface area contributed by atoms with E-state index in [2.05, 4.69) is 12.2 Å². The summed E-state index contributed by atoms with van der Waals surface area (Å²) in [6.07, 6.45) is 1.99. The van der Waals surface area contributed by atoms with E-state index in [9.17, 15) is 4.79 Å². The minimum atomic E-state index is -0.371. The van der Waals surface area contributed by atoms with Crippen LogP contribution < -0.4 is 16.8 Å². The number of nitrogens with two attached hydrogens (primary N) is 2. The van der Waals surface area contributed by atoms with Gasteiger partial charge in [-0.3, -0.25) is 4.79 Å². The zero-order valence-corrected chi connectivity index (χ0v) is 8.92. The molecule has 0 bridgehead atoms. The zero-order valence-electron chi connectivity index (χ0n) is 8.92. The van der Waals surface area contributed by atoms with E-state index < -0.39 is 0 Å². The van der Waals surface area contributed by atoms with Crippen LogP contribution in [0.3, 0.4) is 0 Å². The van der Waals surface area contributed by atoms with Crippen LogP contribution in [0.25, 0.3) is 0 Å². The first-order valence-electron chi connectivity index (χ1n) is 5.04. The van der Waals surface area contributed by atoms with Crippen molar-refractivity contribution in [1.29, 1.82) is 0 Å². The summed E-state index contributed by atoms with van der Waals surface area (Å²) in [5.74, 6) is -0.371. The number of nitrogens with one attached hydrogen (secondary N) is 1. The van der Waals surface area contributed by atoms with Crippen molar-refractivity contribution in [2.45, 2.75) is 19.8 Å². The molecule has 0 atom stereocenters. The van der Waals surface area contributed by atoms with Gasteiger partial charge >= 0.3 is 0 Å². The molecule has 0 heterocycles. The minimum Gasteiger partial charge on any atom is -0.399 e. The highest BCUT2D eigenvalue weighted by Gasteiger charge is 2.01. The molecule has 5 N–H and O–H groups in total. The van der Waals surface area contributed by atoms with Gasteiger partial charge in [0.15, 0.2) is 0 Å². The molecule has 0 unspecified atom stereocenters. The van der Waals surface area contributed by atoms with Crippen LogP contribution in [-0.4, -0.2) is 12.5 Å². The second kappa shape index (κ2) is 5.24. The monoisotopic (exact) mass is 207 g/mol. The molecule has 1 amide bonds. The Kier molecular flexibility index (Phi) is 3.97. The van der Waals surface area contributed by atoms with Gasteiger partial charge in [-0.1, -0.05) is 13.3 Å².